The molecule has 0 saturated carbocycles. The number of benzene rings is 1. The number of nitrogens with two attached hydrogens (primary N) is 1. The van der Waals surface area contributed by atoms with Crippen LogP contribution in [0.15, 0.2) is 28.7 Å². The highest BCUT2D eigenvalue weighted by atomic mass is 79.9. The van der Waals surface area contributed by atoms with E-state index in [1.54, 1.807) is 0 Å². The van der Waals surface area contributed by atoms with Gasteiger partial charge in [0.1, 0.15) is 5.75 Å². The zero-order valence-electron chi connectivity index (χ0n) is 9.49. The van der Waals surface area contributed by atoms with Crippen LogP contribution in [0.25, 0.3) is 0 Å². The van der Waals surface area contributed by atoms with Crippen LogP contribution >= 0.6 is 27.7 Å². The van der Waals surface area contributed by atoms with Gasteiger partial charge in [0.2, 0.25) is 0 Å². The Hall–Kier alpha value is -0.190. The van der Waals surface area contributed by atoms with E-state index in [0.29, 0.717) is 5.92 Å². The lowest BCUT2D eigenvalue weighted by Gasteiger charge is -2.08. The maximum Gasteiger partial charge on any atom is 0.119 e. The minimum atomic E-state index is 0.595. The molecule has 0 amide bonds. The molecule has 0 bridgehead atoms. The smallest absolute Gasteiger partial charge is 0.119 e. The van der Waals surface area contributed by atoms with Crippen molar-refractivity contribution in [1.82, 2.24) is 0 Å². The molecule has 1 rings (SSSR count). The van der Waals surface area contributed by atoms with Gasteiger partial charge in [0.15, 0.2) is 0 Å². The standard InChI is InChI=1S/C12H18BrNOS/c1-10(8-14)9-16-7-6-15-12-4-2-11(13)3-5-12/h2-5,10H,6-9,14H2,1H3. The van der Waals surface area contributed by atoms with Crippen molar-refractivity contribution in [3.05, 3.63) is 28.7 Å². The second-order valence-electron chi connectivity index (χ2n) is 3.72. The molecule has 0 saturated heterocycles. The summed E-state index contributed by atoms with van der Waals surface area (Å²) in [5, 5.41) is 0. The van der Waals surface area contributed by atoms with Gasteiger partial charge in [0, 0.05) is 10.2 Å². The topological polar surface area (TPSA) is 35.2 Å². The van der Waals surface area contributed by atoms with Gasteiger partial charge in [-0.2, -0.15) is 11.8 Å². The highest BCUT2D eigenvalue weighted by Gasteiger charge is 1.99. The molecule has 0 aliphatic heterocycles. The van der Waals surface area contributed by atoms with E-state index in [9.17, 15) is 0 Å². The van der Waals surface area contributed by atoms with Crippen LogP contribution in [0.2, 0.25) is 0 Å². The van der Waals surface area contributed by atoms with Crippen LogP contribution in [0, 0.1) is 5.92 Å². The lowest BCUT2D eigenvalue weighted by atomic mass is 10.2. The lowest BCUT2D eigenvalue weighted by Crippen LogP contribution is -2.13. The van der Waals surface area contributed by atoms with E-state index in [2.05, 4.69) is 22.9 Å². The predicted octanol–water partition coefficient (Wildman–Crippen LogP) is 3.16. The van der Waals surface area contributed by atoms with Crippen molar-refractivity contribution in [2.75, 3.05) is 24.7 Å². The molecular formula is C12H18BrNOS. The summed E-state index contributed by atoms with van der Waals surface area (Å²) in [6.45, 7) is 3.69. The van der Waals surface area contributed by atoms with Gasteiger partial charge in [-0.25, -0.2) is 0 Å². The Morgan fingerprint density at radius 1 is 1.38 bits per heavy atom. The van der Waals surface area contributed by atoms with Gasteiger partial charge < -0.3 is 10.5 Å². The molecular weight excluding hydrogens is 286 g/mol. The highest BCUT2D eigenvalue weighted by molar-refractivity contribution is 9.10. The van der Waals surface area contributed by atoms with Crippen molar-refractivity contribution in [2.45, 2.75) is 6.92 Å². The Kier molecular flexibility index (Phi) is 6.92. The monoisotopic (exact) mass is 303 g/mol. The molecule has 1 atom stereocenters. The first-order valence-corrected chi connectivity index (χ1v) is 7.33. The fourth-order valence-corrected chi connectivity index (χ4v) is 2.27. The van der Waals surface area contributed by atoms with Crippen molar-refractivity contribution in [2.24, 2.45) is 11.7 Å². The van der Waals surface area contributed by atoms with Gasteiger partial charge in [-0.15, -0.1) is 0 Å². The Bertz CT molecular complexity index is 292. The number of rotatable bonds is 7. The molecule has 0 fully saturated rings. The Morgan fingerprint density at radius 3 is 2.69 bits per heavy atom. The van der Waals surface area contributed by atoms with Crippen LogP contribution < -0.4 is 10.5 Å². The number of hydrogen-bond acceptors (Lipinski definition) is 3. The van der Waals surface area contributed by atoms with Crippen LogP contribution in [0.5, 0.6) is 5.75 Å². The highest BCUT2D eigenvalue weighted by Crippen LogP contribution is 2.16. The third-order valence-corrected chi connectivity index (χ3v) is 3.90. The molecule has 0 heterocycles. The van der Waals surface area contributed by atoms with Gasteiger partial charge in [0.25, 0.3) is 0 Å². The van der Waals surface area contributed by atoms with Gasteiger partial charge in [-0.05, 0) is 42.5 Å². The molecule has 2 N–H and O–H groups in total. The second kappa shape index (κ2) is 7.98. The van der Waals surface area contributed by atoms with Crippen LogP contribution in [-0.2, 0) is 0 Å². The van der Waals surface area contributed by atoms with Crippen molar-refractivity contribution in [3.63, 3.8) is 0 Å². The molecule has 16 heavy (non-hydrogen) atoms. The van der Waals surface area contributed by atoms with Crippen molar-refractivity contribution < 1.29 is 4.74 Å². The summed E-state index contributed by atoms with van der Waals surface area (Å²) in [4.78, 5) is 0. The van der Waals surface area contributed by atoms with Crippen LogP contribution in [0.1, 0.15) is 6.92 Å². The van der Waals surface area contributed by atoms with Crippen LogP contribution in [0.3, 0.4) is 0 Å². The largest absolute Gasteiger partial charge is 0.493 e. The molecule has 0 aliphatic rings. The lowest BCUT2D eigenvalue weighted by molar-refractivity contribution is 0.344. The molecule has 0 aliphatic carbocycles. The van der Waals surface area contributed by atoms with Gasteiger partial charge in [0.05, 0.1) is 6.61 Å². The number of halogens is 1. The van der Waals surface area contributed by atoms with Crippen molar-refractivity contribution in [3.8, 4) is 5.75 Å². The second-order valence-corrected chi connectivity index (χ2v) is 5.78. The summed E-state index contributed by atoms with van der Waals surface area (Å²) in [7, 11) is 0. The summed E-state index contributed by atoms with van der Waals surface area (Å²) in [6.07, 6.45) is 0. The summed E-state index contributed by atoms with van der Waals surface area (Å²) in [5.74, 6) is 3.65. The van der Waals surface area contributed by atoms with Gasteiger partial charge >= 0.3 is 0 Å². The Morgan fingerprint density at radius 2 is 2.06 bits per heavy atom. The summed E-state index contributed by atoms with van der Waals surface area (Å²) in [5.41, 5.74) is 5.54. The number of ether oxygens (including phenoxy) is 1. The van der Waals surface area contributed by atoms with Crippen molar-refractivity contribution in [1.29, 1.82) is 0 Å². The minimum absolute atomic E-state index is 0.595. The fraction of sp³-hybridized carbons (Fsp3) is 0.500. The first-order valence-electron chi connectivity index (χ1n) is 5.38. The Balaban J connectivity index is 2.09. The molecule has 1 aromatic carbocycles. The predicted molar refractivity (Wildman–Crippen MR) is 75.2 cm³/mol. The van der Waals surface area contributed by atoms with E-state index in [1.165, 1.54) is 0 Å². The molecule has 0 aromatic heterocycles. The Labute approximate surface area is 110 Å². The molecule has 4 heteroatoms. The van der Waals surface area contributed by atoms with Crippen molar-refractivity contribution >= 4 is 27.7 Å². The normalized spacial score (nSPS) is 12.4. The molecule has 0 radical (unpaired) electrons. The van der Waals surface area contributed by atoms with E-state index in [4.69, 9.17) is 10.5 Å². The maximum atomic E-state index is 5.60. The average molecular weight is 304 g/mol. The molecule has 2 nitrogen and oxygen atoms in total. The van der Waals surface area contributed by atoms with E-state index in [-0.39, 0.29) is 0 Å². The summed E-state index contributed by atoms with van der Waals surface area (Å²) >= 11 is 5.28. The minimum Gasteiger partial charge on any atom is -0.493 e. The zero-order chi connectivity index (χ0) is 11.8. The molecule has 1 unspecified atom stereocenters. The quantitative estimate of drug-likeness (QED) is 0.786. The summed E-state index contributed by atoms with van der Waals surface area (Å²) in [6, 6.07) is 7.91. The van der Waals surface area contributed by atoms with E-state index >= 15 is 0 Å². The fourth-order valence-electron chi connectivity index (χ4n) is 1.10. The first-order chi connectivity index (χ1) is 7.72. The van der Waals surface area contributed by atoms with Gasteiger partial charge in [-0.3, -0.25) is 0 Å². The maximum absolute atomic E-state index is 5.60. The molecule has 1 aromatic rings. The van der Waals surface area contributed by atoms with E-state index < -0.39 is 0 Å². The van der Waals surface area contributed by atoms with Gasteiger partial charge in [-0.1, -0.05) is 22.9 Å². The van der Waals surface area contributed by atoms with E-state index in [1.807, 2.05) is 36.0 Å². The zero-order valence-corrected chi connectivity index (χ0v) is 11.9. The van der Waals surface area contributed by atoms with Crippen LogP contribution in [0.4, 0.5) is 0 Å². The number of hydrogen-bond donors (Lipinski definition) is 1. The average Bonchev–Trinajstić information content (AvgIpc) is 2.31. The van der Waals surface area contributed by atoms with E-state index in [0.717, 1.165) is 34.9 Å². The number of thioether (sulfide) groups is 1. The van der Waals surface area contributed by atoms with Crippen LogP contribution in [-0.4, -0.2) is 24.7 Å². The molecule has 0 spiro atoms. The first kappa shape index (κ1) is 13.9. The molecule has 90 valence electrons. The third kappa shape index (κ3) is 5.77. The SMILES string of the molecule is CC(CN)CSCCOc1ccc(Br)cc1. The third-order valence-electron chi connectivity index (χ3n) is 2.11. The summed E-state index contributed by atoms with van der Waals surface area (Å²) < 4.78 is 6.68.